The molecule has 0 unspecified atom stereocenters. The number of nitrogens with one attached hydrogen (secondary N) is 5. The van der Waals surface area contributed by atoms with E-state index in [1.165, 1.54) is 0 Å². The van der Waals surface area contributed by atoms with E-state index in [-0.39, 0.29) is 57.8 Å². The van der Waals surface area contributed by atoms with Crippen LogP contribution in [-0.2, 0) is 38.4 Å². The zero-order valence-corrected chi connectivity index (χ0v) is 30.4. The number of hydrogen-bond acceptors (Lipinski definition) is 13. The van der Waals surface area contributed by atoms with Crippen molar-refractivity contribution in [2.75, 3.05) is 26.2 Å². The highest BCUT2D eigenvalue weighted by Crippen LogP contribution is 2.09. The van der Waals surface area contributed by atoms with Crippen molar-refractivity contribution in [3.8, 4) is 0 Å². The van der Waals surface area contributed by atoms with Gasteiger partial charge in [-0.25, -0.2) is 4.79 Å². The fourth-order valence-electron chi connectivity index (χ4n) is 4.92. The molecular formula is C31H59N13O10. The minimum atomic E-state index is -1.70. The predicted octanol–water partition coefficient (Wildman–Crippen LogP) is -5.78. The maximum atomic E-state index is 13.6. The second kappa shape index (κ2) is 27.5. The Bertz CT molecular complexity index is 1280. The van der Waals surface area contributed by atoms with Crippen LogP contribution in [0.15, 0.2) is 4.99 Å². The zero-order chi connectivity index (χ0) is 41.2. The maximum Gasteiger partial charge on any atom is 0.326 e. The van der Waals surface area contributed by atoms with Gasteiger partial charge in [-0.05, 0) is 83.8 Å². The van der Waals surface area contributed by atoms with Gasteiger partial charge in [-0.15, -0.1) is 0 Å². The van der Waals surface area contributed by atoms with Crippen LogP contribution in [0.1, 0.15) is 77.0 Å². The Hall–Kier alpha value is -5.13. The number of nitrogens with two attached hydrogens (primary N) is 7. The number of carbonyl (C=O) groups is 8. The SMILES string of the molecule is NCCCC[C@H](NC(=O)[C@H](CCC(=O)O)NC(=O)[C@H](CCCCN)NC(=O)[C@H](CCN)NC(=O)[C@@H](N)CCCN=C(N)N)C(=O)N[C@@H](CC(N)=O)C(=O)O. The number of primary amides is 1. The van der Waals surface area contributed by atoms with E-state index in [9.17, 15) is 48.6 Å². The summed E-state index contributed by atoms with van der Waals surface area (Å²) in [5.41, 5.74) is 38.5. The van der Waals surface area contributed by atoms with Gasteiger partial charge in [0.15, 0.2) is 5.96 Å². The third kappa shape index (κ3) is 21.4. The monoisotopic (exact) mass is 773 g/mol. The number of amides is 6. The van der Waals surface area contributed by atoms with Crippen LogP contribution in [-0.4, -0.2) is 126 Å². The quantitative estimate of drug-likeness (QED) is 0.0184. The lowest BCUT2D eigenvalue weighted by atomic mass is 10.0. The second-order valence-electron chi connectivity index (χ2n) is 12.4. The Kier molecular flexibility index (Phi) is 24.9. The minimum absolute atomic E-state index is 0.0240. The van der Waals surface area contributed by atoms with E-state index in [0.717, 1.165) is 0 Å². The summed E-state index contributed by atoms with van der Waals surface area (Å²) >= 11 is 0. The average Bonchev–Trinajstić information content (AvgIpc) is 3.09. The summed E-state index contributed by atoms with van der Waals surface area (Å²) in [5.74, 6) is -8.32. The number of guanidine groups is 1. The molecule has 0 aromatic carbocycles. The Morgan fingerprint density at radius 3 is 1.33 bits per heavy atom. The third-order valence-electron chi connectivity index (χ3n) is 7.85. The molecule has 0 rings (SSSR count). The minimum Gasteiger partial charge on any atom is -0.481 e. The second-order valence-corrected chi connectivity index (χ2v) is 12.4. The van der Waals surface area contributed by atoms with Crippen molar-refractivity contribution in [3.63, 3.8) is 0 Å². The van der Waals surface area contributed by atoms with Gasteiger partial charge in [0.05, 0.1) is 12.5 Å². The first-order chi connectivity index (χ1) is 25.5. The molecule has 0 aliphatic heterocycles. The number of rotatable bonds is 30. The summed E-state index contributed by atoms with van der Waals surface area (Å²) in [5, 5.41) is 30.9. The number of carboxylic acid groups (broad SMARTS) is 2. The average molecular weight is 774 g/mol. The Labute approximate surface area is 313 Å². The Balaban J connectivity index is 6.16. The summed E-state index contributed by atoms with van der Waals surface area (Å²) in [7, 11) is 0. The molecule has 0 saturated carbocycles. The molecule has 0 fully saturated rings. The van der Waals surface area contributed by atoms with E-state index >= 15 is 0 Å². The summed E-state index contributed by atoms with van der Waals surface area (Å²) in [6, 6.07) is -8.18. The molecule has 0 radical (unpaired) electrons. The number of aliphatic imine (C=N–C) groups is 1. The van der Waals surface area contributed by atoms with Crippen molar-refractivity contribution < 1.29 is 48.6 Å². The molecule has 0 aliphatic carbocycles. The summed E-state index contributed by atoms with van der Waals surface area (Å²) in [6.45, 7) is 0.689. The largest absolute Gasteiger partial charge is 0.481 e. The summed E-state index contributed by atoms with van der Waals surface area (Å²) in [4.78, 5) is 105. The van der Waals surface area contributed by atoms with E-state index in [1.807, 2.05) is 0 Å². The number of carbonyl (C=O) groups excluding carboxylic acids is 6. The van der Waals surface area contributed by atoms with Crippen LogP contribution in [0.3, 0.4) is 0 Å². The van der Waals surface area contributed by atoms with Gasteiger partial charge in [0.1, 0.15) is 30.2 Å². The lowest BCUT2D eigenvalue weighted by molar-refractivity contribution is -0.143. The van der Waals surface area contributed by atoms with Gasteiger partial charge in [-0.2, -0.15) is 0 Å². The van der Waals surface area contributed by atoms with Crippen LogP contribution in [0.4, 0.5) is 0 Å². The Morgan fingerprint density at radius 1 is 0.519 bits per heavy atom. The van der Waals surface area contributed by atoms with Crippen LogP contribution in [0.5, 0.6) is 0 Å². The first-order valence-electron chi connectivity index (χ1n) is 17.6. The molecule has 54 heavy (non-hydrogen) atoms. The van der Waals surface area contributed by atoms with Gasteiger partial charge in [0.25, 0.3) is 0 Å². The van der Waals surface area contributed by atoms with E-state index in [0.29, 0.717) is 32.1 Å². The highest BCUT2D eigenvalue weighted by Gasteiger charge is 2.33. The standard InChI is InChI=1S/C31H59N13O10/c32-12-3-1-7-18(42-29(52)21(11-14-34)40-25(48)17(35)6-5-15-39-31(37)38)26(49)43-20(9-10-24(46)47)28(51)41-19(8-2-4-13-33)27(50)44-22(30(53)54)16-23(36)45/h17-22H,1-16,32-35H2,(H2,36,45)(H,40,48)(H,41,51)(H,42,52)(H,43,49)(H,44,50)(H,46,47)(H,53,54)(H4,37,38,39)/t17-,18-,19-,20-,21-,22-/m0/s1. The normalized spacial score (nSPS) is 14.1. The number of unbranched alkanes of at least 4 members (excludes halogenated alkanes) is 2. The van der Waals surface area contributed by atoms with E-state index in [2.05, 4.69) is 31.6 Å². The van der Waals surface area contributed by atoms with Crippen LogP contribution in [0.25, 0.3) is 0 Å². The van der Waals surface area contributed by atoms with Crippen molar-refractivity contribution in [2.24, 2.45) is 45.1 Å². The Morgan fingerprint density at radius 2 is 0.944 bits per heavy atom. The molecule has 0 bridgehead atoms. The van der Waals surface area contributed by atoms with Crippen molar-refractivity contribution in [2.45, 2.75) is 113 Å². The first-order valence-corrected chi connectivity index (χ1v) is 17.6. The number of carboxylic acids is 2. The maximum absolute atomic E-state index is 13.6. The van der Waals surface area contributed by atoms with Crippen molar-refractivity contribution in [3.05, 3.63) is 0 Å². The summed E-state index contributed by atoms with van der Waals surface area (Å²) in [6.07, 6.45) is 0.252. The van der Waals surface area contributed by atoms with Gasteiger partial charge in [-0.3, -0.25) is 38.6 Å². The van der Waals surface area contributed by atoms with Gasteiger partial charge in [-0.1, -0.05) is 0 Å². The van der Waals surface area contributed by atoms with E-state index < -0.39 is 103 Å². The van der Waals surface area contributed by atoms with Crippen molar-refractivity contribution in [1.82, 2.24) is 26.6 Å². The van der Waals surface area contributed by atoms with E-state index in [4.69, 9.17) is 40.1 Å². The fraction of sp³-hybridized carbons (Fsp3) is 0.710. The highest BCUT2D eigenvalue weighted by atomic mass is 16.4. The molecular weight excluding hydrogens is 714 g/mol. The number of nitrogens with zero attached hydrogens (tertiary/aromatic N) is 1. The van der Waals surface area contributed by atoms with Crippen LogP contribution < -0.4 is 66.7 Å². The molecule has 0 heterocycles. The predicted molar refractivity (Wildman–Crippen MR) is 195 cm³/mol. The highest BCUT2D eigenvalue weighted by molar-refractivity contribution is 5.96. The van der Waals surface area contributed by atoms with Crippen molar-refractivity contribution >= 4 is 53.3 Å². The third-order valence-corrected chi connectivity index (χ3v) is 7.85. The molecule has 23 heteroatoms. The van der Waals surface area contributed by atoms with Gasteiger partial charge >= 0.3 is 11.9 Å². The summed E-state index contributed by atoms with van der Waals surface area (Å²) < 4.78 is 0. The topological polar surface area (TPSA) is 432 Å². The molecule has 0 aromatic rings. The lowest BCUT2D eigenvalue weighted by Gasteiger charge is -2.27. The van der Waals surface area contributed by atoms with Crippen LogP contribution >= 0.6 is 0 Å². The molecule has 0 aliphatic rings. The smallest absolute Gasteiger partial charge is 0.326 e. The van der Waals surface area contributed by atoms with Gasteiger partial charge < -0.3 is 76.9 Å². The van der Waals surface area contributed by atoms with Crippen LogP contribution in [0.2, 0.25) is 0 Å². The number of hydrogen-bond donors (Lipinski definition) is 14. The molecule has 23 nitrogen and oxygen atoms in total. The lowest BCUT2D eigenvalue weighted by Crippen LogP contribution is -2.59. The molecule has 308 valence electrons. The van der Waals surface area contributed by atoms with E-state index in [1.54, 1.807) is 0 Å². The molecule has 21 N–H and O–H groups in total. The molecule has 6 atom stereocenters. The fourth-order valence-corrected chi connectivity index (χ4v) is 4.92. The van der Waals surface area contributed by atoms with Crippen LogP contribution in [0, 0.1) is 0 Å². The molecule has 0 saturated heterocycles. The first kappa shape index (κ1) is 48.9. The van der Waals surface area contributed by atoms with Crippen molar-refractivity contribution in [1.29, 1.82) is 0 Å². The molecule has 0 spiro atoms. The number of aliphatic carboxylic acids is 2. The zero-order valence-electron chi connectivity index (χ0n) is 30.4. The molecule has 0 aromatic heterocycles. The van der Waals surface area contributed by atoms with Gasteiger partial charge in [0, 0.05) is 13.0 Å². The molecule has 6 amide bonds. The van der Waals surface area contributed by atoms with Gasteiger partial charge in [0.2, 0.25) is 35.4 Å².